The van der Waals surface area contributed by atoms with Gasteiger partial charge in [0, 0.05) is 23.9 Å². The fraction of sp³-hybridized carbons (Fsp3) is 0.412. The van der Waals surface area contributed by atoms with Crippen molar-refractivity contribution in [1.82, 2.24) is 9.78 Å². The third kappa shape index (κ3) is 3.15. The van der Waals surface area contributed by atoms with E-state index < -0.39 is 10.9 Å². The number of nitrogens with zero attached hydrogens (tertiary/aromatic N) is 3. The number of carbonyl (C=O) groups is 1. The predicted octanol–water partition coefficient (Wildman–Crippen LogP) is 3.75. The first-order valence-corrected chi connectivity index (χ1v) is 8.01. The minimum Gasteiger partial charge on any atom is -0.465 e. The van der Waals surface area contributed by atoms with Crippen LogP contribution in [-0.4, -0.2) is 27.8 Å². The van der Waals surface area contributed by atoms with E-state index in [4.69, 9.17) is 4.74 Å². The Bertz CT molecular complexity index is 763. The van der Waals surface area contributed by atoms with Gasteiger partial charge < -0.3 is 4.74 Å². The third-order valence-corrected chi connectivity index (χ3v) is 4.48. The molecule has 7 heteroatoms. The van der Waals surface area contributed by atoms with E-state index in [1.165, 1.54) is 38.5 Å². The molecule has 0 atom stereocenters. The summed E-state index contributed by atoms with van der Waals surface area (Å²) in [5, 5.41) is 15.4. The number of nitro groups is 1. The van der Waals surface area contributed by atoms with E-state index in [-0.39, 0.29) is 11.3 Å². The fourth-order valence-electron chi connectivity index (χ4n) is 3.20. The average Bonchev–Trinajstić information content (AvgIpc) is 3.11. The van der Waals surface area contributed by atoms with Gasteiger partial charge in [-0.1, -0.05) is 19.3 Å². The summed E-state index contributed by atoms with van der Waals surface area (Å²) in [6.07, 6.45) is 9.47. The highest BCUT2D eigenvalue weighted by atomic mass is 16.6. The number of rotatable bonds is 4. The molecular formula is C17H19N3O4. The van der Waals surface area contributed by atoms with Gasteiger partial charge in [-0.2, -0.15) is 5.10 Å². The zero-order chi connectivity index (χ0) is 17.1. The molecule has 1 aromatic heterocycles. The lowest BCUT2D eigenvalue weighted by molar-refractivity contribution is -0.384. The molecule has 0 N–H and O–H groups in total. The summed E-state index contributed by atoms with van der Waals surface area (Å²) in [5.74, 6) is -0.598. The normalized spacial score (nSPS) is 15.2. The fourth-order valence-corrected chi connectivity index (χ4v) is 3.20. The first-order chi connectivity index (χ1) is 11.6. The Balaban J connectivity index is 1.97. The maximum Gasteiger partial charge on any atom is 0.338 e. The van der Waals surface area contributed by atoms with Crippen molar-refractivity contribution in [2.24, 2.45) is 0 Å². The summed E-state index contributed by atoms with van der Waals surface area (Å²) >= 11 is 0. The van der Waals surface area contributed by atoms with Gasteiger partial charge >= 0.3 is 5.97 Å². The smallest absolute Gasteiger partial charge is 0.338 e. The molecule has 3 rings (SSSR count). The minimum absolute atomic E-state index is 0.140. The number of hydrogen-bond donors (Lipinski definition) is 0. The summed E-state index contributed by atoms with van der Waals surface area (Å²) < 4.78 is 6.71. The standard InChI is InChI=1S/C17H19N3O4/c1-24-17(21)16-9-14(20(22)23)7-8-15(16)12-10-18-19(11-12)13-5-3-2-4-6-13/h7-11,13H,2-6H2,1H3. The van der Waals surface area contributed by atoms with Crippen LogP contribution in [0, 0.1) is 10.1 Å². The number of carbonyl (C=O) groups excluding carboxylic acids is 1. The van der Waals surface area contributed by atoms with Crippen molar-refractivity contribution in [3.8, 4) is 11.1 Å². The van der Waals surface area contributed by atoms with Crippen LogP contribution in [0.15, 0.2) is 30.6 Å². The quantitative estimate of drug-likeness (QED) is 0.484. The highest BCUT2D eigenvalue weighted by molar-refractivity contribution is 5.97. The zero-order valence-electron chi connectivity index (χ0n) is 13.5. The van der Waals surface area contributed by atoms with Gasteiger partial charge in [0.25, 0.3) is 5.69 Å². The molecule has 126 valence electrons. The van der Waals surface area contributed by atoms with E-state index in [0.717, 1.165) is 18.4 Å². The van der Waals surface area contributed by atoms with Gasteiger partial charge in [0.1, 0.15) is 0 Å². The maximum atomic E-state index is 12.0. The third-order valence-electron chi connectivity index (χ3n) is 4.48. The van der Waals surface area contributed by atoms with Crippen LogP contribution in [0.25, 0.3) is 11.1 Å². The molecule has 0 radical (unpaired) electrons. The van der Waals surface area contributed by atoms with Crippen LogP contribution in [-0.2, 0) is 4.74 Å². The van der Waals surface area contributed by atoms with Gasteiger partial charge in [-0.05, 0) is 24.5 Å². The largest absolute Gasteiger partial charge is 0.465 e. The first kappa shape index (κ1) is 16.2. The van der Waals surface area contributed by atoms with Crippen molar-refractivity contribution in [3.05, 3.63) is 46.3 Å². The Hall–Kier alpha value is -2.70. The van der Waals surface area contributed by atoms with Crippen molar-refractivity contribution in [3.63, 3.8) is 0 Å². The Morgan fingerprint density at radius 2 is 2.08 bits per heavy atom. The van der Waals surface area contributed by atoms with Gasteiger partial charge in [0.05, 0.1) is 29.8 Å². The second-order valence-corrected chi connectivity index (χ2v) is 5.98. The molecule has 0 bridgehead atoms. The summed E-state index contributed by atoms with van der Waals surface area (Å²) in [4.78, 5) is 22.5. The molecule has 24 heavy (non-hydrogen) atoms. The van der Waals surface area contributed by atoms with Gasteiger partial charge in [0.2, 0.25) is 0 Å². The summed E-state index contributed by atoms with van der Waals surface area (Å²) in [5.41, 5.74) is 1.39. The molecule has 1 aliphatic carbocycles. The molecule has 1 fully saturated rings. The lowest BCUT2D eigenvalue weighted by atomic mass is 9.95. The van der Waals surface area contributed by atoms with Crippen LogP contribution in [0.4, 0.5) is 5.69 Å². The molecule has 0 unspecified atom stereocenters. The molecular weight excluding hydrogens is 310 g/mol. The number of esters is 1. The van der Waals surface area contributed by atoms with E-state index in [1.54, 1.807) is 12.3 Å². The van der Waals surface area contributed by atoms with Crippen molar-refractivity contribution in [2.75, 3.05) is 7.11 Å². The second kappa shape index (κ2) is 6.82. The molecule has 2 aromatic rings. The van der Waals surface area contributed by atoms with Crippen LogP contribution in [0.3, 0.4) is 0 Å². The Kier molecular flexibility index (Phi) is 4.59. The van der Waals surface area contributed by atoms with E-state index >= 15 is 0 Å². The molecule has 1 heterocycles. The summed E-state index contributed by atoms with van der Waals surface area (Å²) in [6.45, 7) is 0. The SMILES string of the molecule is COC(=O)c1cc([N+](=O)[O-])ccc1-c1cnn(C2CCCCC2)c1. The highest BCUT2D eigenvalue weighted by Gasteiger charge is 2.21. The Morgan fingerprint density at radius 3 is 2.75 bits per heavy atom. The van der Waals surface area contributed by atoms with Crippen molar-refractivity contribution in [2.45, 2.75) is 38.1 Å². The molecule has 1 saturated carbocycles. The zero-order valence-corrected chi connectivity index (χ0v) is 13.5. The van der Waals surface area contributed by atoms with E-state index in [1.807, 2.05) is 10.9 Å². The number of methoxy groups -OCH3 is 1. The lowest BCUT2D eigenvalue weighted by Gasteiger charge is -2.21. The second-order valence-electron chi connectivity index (χ2n) is 5.98. The molecule has 0 spiro atoms. The maximum absolute atomic E-state index is 12.0. The number of nitro benzene ring substituents is 1. The monoisotopic (exact) mass is 329 g/mol. The summed E-state index contributed by atoms with van der Waals surface area (Å²) in [7, 11) is 1.26. The molecule has 7 nitrogen and oxygen atoms in total. The average molecular weight is 329 g/mol. The topological polar surface area (TPSA) is 87.3 Å². The predicted molar refractivity (Wildman–Crippen MR) is 87.8 cm³/mol. The molecule has 0 amide bonds. The highest BCUT2D eigenvalue weighted by Crippen LogP contribution is 2.31. The van der Waals surface area contributed by atoms with Crippen LogP contribution in [0.1, 0.15) is 48.5 Å². The summed E-state index contributed by atoms with van der Waals surface area (Å²) in [6, 6.07) is 4.60. The number of aromatic nitrogens is 2. The molecule has 1 aliphatic rings. The van der Waals surface area contributed by atoms with Crippen molar-refractivity contribution >= 4 is 11.7 Å². The molecule has 1 aromatic carbocycles. The van der Waals surface area contributed by atoms with E-state index in [9.17, 15) is 14.9 Å². The van der Waals surface area contributed by atoms with Crippen LogP contribution in [0.2, 0.25) is 0 Å². The van der Waals surface area contributed by atoms with Crippen LogP contribution < -0.4 is 0 Å². The van der Waals surface area contributed by atoms with Gasteiger partial charge in [-0.3, -0.25) is 14.8 Å². The Labute approximate surface area is 139 Å². The molecule has 0 saturated heterocycles. The van der Waals surface area contributed by atoms with Crippen LogP contribution in [0.5, 0.6) is 0 Å². The lowest BCUT2D eigenvalue weighted by Crippen LogP contribution is -2.12. The van der Waals surface area contributed by atoms with Gasteiger partial charge in [-0.15, -0.1) is 0 Å². The first-order valence-electron chi connectivity index (χ1n) is 8.01. The Morgan fingerprint density at radius 1 is 1.33 bits per heavy atom. The number of benzene rings is 1. The van der Waals surface area contributed by atoms with Gasteiger partial charge in [0.15, 0.2) is 0 Å². The molecule has 0 aliphatic heterocycles. The van der Waals surface area contributed by atoms with Crippen LogP contribution >= 0.6 is 0 Å². The minimum atomic E-state index is -0.598. The number of ether oxygens (including phenoxy) is 1. The van der Waals surface area contributed by atoms with Gasteiger partial charge in [-0.25, -0.2) is 4.79 Å². The number of hydrogen-bond acceptors (Lipinski definition) is 5. The van der Waals surface area contributed by atoms with E-state index in [0.29, 0.717) is 11.6 Å². The van der Waals surface area contributed by atoms with Crippen molar-refractivity contribution < 1.29 is 14.5 Å². The number of non-ortho nitro benzene ring substituents is 1. The van der Waals surface area contributed by atoms with Crippen molar-refractivity contribution in [1.29, 1.82) is 0 Å². The van der Waals surface area contributed by atoms with E-state index in [2.05, 4.69) is 5.10 Å².